The third kappa shape index (κ3) is 2.42. The summed E-state index contributed by atoms with van der Waals surface area (Å²) in [5.74, 6) is 0. The van der Waals surface area contributed by atoms with Gasteiger partial charge in [0.15, 0.2) is 0 Å². The lowest BCUT2D eigenvalue weighted by atomic mass is 10.7. The van der Waals surface area contributed by atoms with Gasteiger partial charge in [0.1, 0.15) is 8.07 Å². The standard InChI is InChI=1S/C10H17SSi2/c1-6-13(4,5)10-8-7-9(11-10)12(2)3/h6-8H,1H2,2-5H3. The predicted octanol–water partition coefficient (Wildman–Crippen LogP) is 2.35. The highest BCUT2D eigenvalue weighted by Crippen LogP contribution is 2.08. The molecule has 0 aromatic carbocycles. The van der Waals surface area contributed by atoms with Crippen LogP contribution < -0.4 is 9.00 Å². The second-order valence-corrected chi connectivity index (χ2v) is 12.8. The highest BCUT2D eigenvalue weighted by molar-refractivity contribution is 7.34. The fourth-order valence-electron chi connectivity index (χ4n) is 1.05. The van der Waals surface area contributed by atoms with E-state index in [-0.39, 0.29) is 8.80 Å². The molecule has 0 aliphatic rings. The second kappa shape index (κ2) is 3.94. The Kier molecular flexibility index (Phi) is 3.32. The van der Waals surface area contributed by atoms with Gasteiger partial charge in [0.05, 0.1) is 8.80 Å². The Morgan fingerprint density at radius 2 is 2.00 bits per heavy atom. The molecule has 0 amide bonds. The summed E-state index contributed by atoms with van der Waals surface area (Å²) in [6, 6.07) is 4.62. The fourth-order valence-corrected chi connectivity index (χ4v) is 5.78. The van der Waals surface area contributed by atoms with Crippen molar-refractivity contribution in [2.45, 2.75) is 26.2 Å². The Morgan fingerprint density at radius 3 is 2.38 bits per heavy atom. The van der Waals surface area contributed by atoms with Crippen molar-refractivity contribution in [1.29, 1.82) is 0 Å². The maximum atomic E-state index is 3.94. The van der Waals surface area contributed by atoms with Gasteiger partial charge in [0.25, 0.3) is 0 Å². The molecule has 13 heavy (non-hydrogen) atoms. The largest absolute Gasteiger partial charge is 0.155 e. The third-order valence-corrected chi connectivity index (χ3v) is 9.98. The van der Waals surface area contributed by atoms with Crippen LogP contribution in [-0.4, -0.2) is 16.9 Å². The summed E-state index contributed by atoms with van der Waals surface area (Å²) < 4.78 is 3.17. The molecule has 0 nitrogen and oxygen atoms in total. The van der Waals surface area contributed by atoms with Crippen molar-refractivity contribution in [3.05, 3.63) is 24.4 Å². The topological polar surface area (TPSA) is 0 Å². The Labute approximate surface area is 87.9 Å². The van der Waals surface area contributed by atoms with Crippen LogP contribution in [0.3, 0.4) is 0 Å². The van der Waals surface area contributed by atoms with Crippen LogP contribution in [0.4, 0.5) is 0 Å². The zero-order valence-corrected chi connectivity index (χ0v) is 11.7. The molecule has 0 saturated carbocycles. The summed E-state index contributed by atoms with van der Waals surface area (Å²) in [4.78, 5) is 0. The van der Waals surface area contributed by atoms with Gasteiger partial charge in [-0.05, 0) is 9.00 Å². The lowest BCUT2D eigenvalue weighted by Crippen LogP contribution is -2.37. The van der Waals surface area contributed by atoms with Crippen molar-refractivity contribution in [1.82, 2.24) is 0 Å². The Hall–Kier alpha value is -0.126. The van der Waals surface area contributed by atoms with Crippen LogP contribution in [0.5, 0.6) is 0 Å². The molecule has 0 atom stereocenters. The molecule has 3 heteroatoms. The summed E-state index contributed by atoms with van der Waals surface area (Å²) in [6.45, 7) is 13.3. The highest BCUT2D eigenvalue weighted by atomic mass is 32.1. The van der Waals surface area contributed by atoms with Crippen molar-refractivity contribution in [3.8, 4) is 0 Å². The lowest BCUT2D eigenvalue weighted by Gasteiger charge is -2.14. The molecule has 0 N–H and O–H groups in total. The molecule has 1 heterocycles. The molecular weight excluding hydrogens is 208 g/mol. The molecule has 0 bridgehead atoms. The van der Waals surface area contributed by atoms with Crippen molar-refractivity contribution in [2.24, 2.45) is 0 Å². The van der Waals surface area contributed by atoms with Crippen molar-refractivity contribution in [2.75, 3.05) is 0 Å². The van der Waals surface area contributed by atoms with Gasteiger partial charge in [-0.1, -0.05) is 44.0 Å². The van der Waals surface area contributed by atoms with Gasteiger partial charge in [-0.3, -0.25) is 0 Å². The van der Waals surface area contributed by atoms with Crippen LogP contribution in [0, 0.1) is 0 Å². The third-order valence-electron chi connectivity index (χ3n) is 2.24. The average Bonchev–Trinajstić information content (AvgIpc) is 2.52. The summed E-state index contributed by atoms with van der Waals surface area (Å²) in [5, 5.41) is 0. The first kappa shape index (κ1) is 11.0. The minimum absolute atomic E-state index is 0.252. The Bertz CT molecular complexity index is 300. The molecule has 1 radical (unpaired) electrons. The van der Waals surface area contributed by atoms with Crippen molar-refractivity contribution >= 4 is 37.2 Å². The van der Waals surface area contributed by atoms with E-state index in [9.17, 15) is 0 Å². The van der Waals surface area contributed by atoms with E-state index in [0.717, 1.165) is 0 Å². The van der Waals surface area contributed by atoms with Crippen LogP contribution in [0.25, 0.3) is 0 Å². The van der Waals surface area contributed by atoms with Crippen LogP contribution in [0.2, 0.25) is 26.2 Å². The van der Waals surface area contributed by atoms with Crippen LogP contribution in [-0.2, 0) is 0 Å². The first-order valence-electron chi connectivity index (χ1n) is 4.52. The summed E-state index contributed by atoms with van der Waals surface area (Å²) in [5.41, 5.74) is 2.17. The Balaban J connectivity index is 2.98. The minimum atomic E-state index is -1.28. The van der Waals surface area contributed by atoms with E-state index in [4.69, 9.17) is 0 Å². The number of thiophene rings is 1. The predicted molar refractivity (Wildman–Crippen MR) is 68.7 cm³/mol. The number of hydrogen-bond donors (Lipinski definition) is 0. The average molecular weight is 225 g/mol. The molecule has 1 aromatic heterocycles. The molecule has 0 aliphatic heterocycles. The number of rotatable bonds is 3. The van der Waals surface area contributed by atoms with Crippen molar-refractivity contribution < 1.29 is 0 Å². The van der Waals surface area contributed by atoms with E-state index in [0.29, 0.717) is 0 Å². The van der Waals surface area contributed by atoms with Gasteiger partial charge < -0.3 is 0 Å². The van der Waals surface area contributed by atoms with E-state index in [1.165, 1.54) is 0 Å². The molecule has 1 aromatic rings. The fraction of sp³-hybridized carbons (Fsp3) is 0.400. The molecule has 71 valence electrons. The Morgan fingerprint density at radius 1 is 1.38 bits per heavy atom. The molecule has 0 aliphatic carbocycles. The van der Waals surface area contributed by atoms with E-state index >= 15 is 0 Å². The van der Waals surface area contributed by atoms with Gasteiger partial charge in [0, 0.05) is 0 Å². The normalized spacial score (nSPS) is 12.1. The van der Waals surface area contributed by atoms with Crippen LogP contribution in [0.15, 0.2) is 24.4 Å². The van der Waals surface area contributed by atoms with Crippen LogP contribution >= 0.6 is 11.3 Å². The monoisotopic (exact) mass is 225 g/mol. The summed E-state index contributed by atoms with van der Waals surface area (Å²) in [6.07, 6.45) is 0. The van der Waals surface area contributed by atoms with E-state index in [2.05, 4.69) is 50.6 Å². The summed E-state index contributed by atoms with van der Waals surface area (Å²) >= 11 is 2.01. The number of hydrogen-bond acceptors (Lipinski definition) is 1. The van der Waals surface area contributed by atoms with Gasteiger partial charge >= 0.3 is 0 Å². The summed E-state index contributed by atoms with van der Waals surface area (Å²) in [7, 11) is -1.53. The zero-order chi connectivity index (χ0) is 10.1. The van der Waals surface area contributed by atoms with E-state index < -0.39 is 8.07 Å². The van der Waals surface area contributed by atoms with E-state index in [1.54, 1.807) is 9.00 Å². The van der Waals surface area contributed by atoms with Gasteiger partial charge in [-0.25, -0.2) is 0 Å². The minimum Gasteiger partial charge on any atom is -0.155 e. The van der Waals surface area contributed by atoms with Gasteiger partial charge in [-0.2, -0.15) is 11.3 Å². The molecule has 0 unspecified atom stereocenters. The first-order chi connectivity index (χ1) is 5.97. The van der Waals surface area contributed by atoms with Crippen molar-refractivity contribution in [3.63, 3.8) is 0 Å². The molecule has 0 saturated heterocycles. The maximum Gasteiger partial charge on any atom is 0.116 e. The molecule has 0 spiro atoms. The van der Waals surface area contributed by atoms with Gasteiger partial charge in [0.2, 0.25) is 0 Å². The zero-order valence-electron chi connectivity index (χ0n) is 8.85. The second-order valence-electron chi connectivity index (χ2n) is 4.09. The van der Waals surface area contributed by atoms with E-state index in [1.807, 2.05) is 11.3 Å². The van der Waals surface area contributed by atoms with Crippen LogP contribution in [0.1, 0.15) is 0 Å². The molecular formula is C10H17SSi2. The quantitative estimate of drug-likeness (QED) is 0.693. The first-order valence-corrected chi connectivity index (χ1v) is 10.9. The molecule has 1 rings (SSSR count). The highest BCUT2D eigenvalue weighted by Gasteiger charge is 2.21. The van der Waals surface area contributed by atoms with Gasteiger partial charge in [-0.15, -0.1) is 6.58 Å². The lowest BCUT2D eigenvalue weighted by molar-refractivity contribution is 1.86. The SMILES string of the molecule is C=C[Si](C)(C)c1ccc([Si](C)C)s1. The molecule has 0 fully saturated rings. The smallest absolute Gasteiger partial charge is 0.116 e. The maximum absolute atomic E-state index is 3.94.